The lowest BCUT2D eigenvalue weighted by molar-refractivity contribution is -0.385. The summed E-state index contributed by atoms with van der Waals surface area (Å²) in [6, 6.07) is 6.52. The highest BCUT2D eigenvalue weighted by Crippen LogP contribution is 2.29. The lowest BCUT2D eigenvalue weighted by atomic mass is 10.3. The van der Waals surface area contributed by atoms with E-state index in [9.17, 15) is 10.1 Å². The zero-order valence-corrected chi connectivity index (χ0v) is 9.03. The maximum absolute atomic E-state index is 10.7. The summed E-state index contributed by atoms with van der Waals surface area (Å²) < 4.78 is 6.64. The van der Waals surface area contributed by atoms with E-state index in [1.54, 1.807) is 31.3 Å². The fraction of sp³-hybridized carbons (Fsp3) is 0.100. The van der Waals surface area contributed by atoms with Gasteiger partial charge in [0.25, 0.3) is 0 Å². The predicted octanol–water partition coefficient (Wildman–Crippen LogP) is 1.70. The molecule has 0 unspecified atom stereocenters. The molecule has 0 saturated carbocycles. The van der Waals surface area contributed by atoms with E-state index in [2.05, 4.69) is 5.10 Å². The monoisotopic (exact) mass is 234 g/mol. The first-order valence-corrected chi connectivity index (χ1v) is 4.77. The average Bonchev–Trinajstić information content (AvgIpc) is 2.63. The summed E-state index contributed by atoms with van der Waals surface area (Å²) in [6.07, 6.45) is 1.28. The lowest BCUT2D eigenvalue weighted by Gasteiger charge is -2.01. The zero-order chi connectivity index (χ0) is 12.4. The van der Waals surface area contributed by atoms with Gasteiger partial charge >= 0.3 is 11.6 Å². The number of aryl methyl sites for hydroxylation is 1. The van der Waals surface area contributed by atoms with Crippen molar-refractivity contribution in [3.8, 4) is 11.6 Å². The van der Waals surface area contributed by atoms with Crippen LogP contribution in [0.5, 0.6) is 11.6 Å². The molecule has 1 heterocycles. The van der Waals surface area contributed by atoms with E-state index in [0.29, 0.717) is 11.4 Å². The third kappa shape index (κ3) is 2.33. The van der Waals surface area contributed by atoms with Crippen LogP contribution < -0.4 is 10.5 Å². The van der Waals surface area contributed by atoms with Crippen molar-refractivity contribution in [2.45, 2.75) is 0 Å². The van der Waals surface area contributed by atoms with Gasteiger partial charge < -0.3 is 10.5 Å². The molecule has 0 fully saturated rings. The number of ether oxygens (including phenoxy) is 1. The maximum Gasteiger partial charge on any atom is 0.350 e. The molecule has 0 bridgehead atoms. The van der Waals surface area contributed by atoms with Gasteiger partial charge in [-0.15, -0.1) is 5.10 Å². The van der Waals surface area contributed by atoms with Gasteiger partial charge in [-0.3, -0.25) is 14.8 Å². The molecule has 0 spiro atoms. The Morgan fingerprint density at radius 3 is 2.65 bits per heavy atom. The van der Waals surface area contributed by atoms with E-state index < -0.39 is 4.92 Å². The first kappa shape index (κ1) is 10.9. The molecule has 0 saturated heterocycles. The van der Waals surface area contributed by atoms with Crippen molar-refractivity contribution >= 4 is 11.4 Å². The summed E-state index contributed by atoms with van der Waals surface area (Å²) in [4.78, 5) is 10.2. The first-order valence-electron chi connectivity index (χ1n) is 4.77. The standard InChI is InChI=1S/C10H10N4O3/c1-13-6-9(14(15)16)10(12-13)17-8-4-2-7(11)3-5-8/h2-6H,11H2,1H3. The number of aromatic nitrogens is 2. The number of nitrogen functional groups attached to an aromatic ring is 1. The molecule has 7 nitrogen and oxygen atoms in total. The molecular formula is C10H10N4O3. The number of benzene rings is 1. The Morgan fingerprint density at radius 1 is 1.41 bits per heavy atom. The molecule has 0 aliphatic carbocycles. The molecule has 0 amide bonds. The molecule has 2 N–H and O–H groups in total. The van der Waals surface area contributed by atoms with Crippen molar-refractivity contribution in [2.24, 2.45) is 7.05 Å². The minimum atomic E-state index is -0.542. The van der Waals surface area contributed by atoms with Crippen LogP contribution in [0.25, 0.3) is 0 Å². The third-order valence-corrected chi connectivity index (χ3v) is 2.07. The number of nitrogens with zero attached hydrogens (tertiary/aromatic N) is 3. The van der Waals surface area contributed by atoms with Crippen molar-refractivity contribution in [1.82, 2.24) is 9.78 Å². The molecule has 0 aliphatic heterocycles. The van der Waals surface area contributed by atoms with Crippen LogP contribution in [0.4, 0.5) is 11.4 Å². The van der Waals surface area contributed by atoms with Gasteiger partial charge in [-0.25, -0.2) is 0 Å². The van der Waals surface area contributed by atoms with Crippen LogP contribution in [-0.4, -0.2) is 14.7 Å². The second kappa shape index (κ2) is 4.12. The number of nitrogens with two attached hydrogens (primary N) is 1. The Kier molecular flexibility index (Phi) is 2.65. The number of hydrogen-bond acceptors (Lipinski definition) is 5. The average molecular weight is 234 g/mol. The summed E-state index contributed by atoms with van der Waals surface area (Å²) in [6.45, 7) is 0. The molecule has 1 aromatic heterocycles. The van der Waals surface area contributed by atoms with Gasteiger partial charge in [-0.2, -0.15) is 0 Å². The normalized spacial score (nSPS) is 10.2. The Hall–Kier alpha value is -2.57. The first-order chi connectivity index (χ1) is 8.06. The van der Waals surface area contributed by atoms with Gasteiger partial charge in [0.15, 0.2) is 0 Å². The molecule has 0 radical (unpaired) electrons. The second-order valence-corrected chi connectivity index (χ2v) is 3.42. The zero-order valence-electron chi connectivity index (χ0n) is 9.03. The summed E-state index contributed by atoms with van der Waals surface area (Å²) in [7, 11) is 1.59. The van der Waals surface area contributed by atoms with Crippen LogP contribution >= 0.6 is 0 Å². The van der Waals surface area contributed by atoms with E-state index in [0.717, 1.165) is 0 Å². The van der Waals surface area contributed by atoms with Gasteiger partial charge in [-0.05, 0) is 24.3 Å². The molecule has 2 aromatic rings. The summed E-state index contributed by atoms with van der Waals surface area (Å²) in [5.74, 6) is 0.406. The van der Waals surface area contributed by atoms with Crippen LogP contribution in [0.1, 0.15) is 0 Å². The highest BCUT2D eigenvalue weighted by atomic mass is 16.6. The van der Waals surface area contributed by atoms with Gasteiger partial charge in [0.2, 0.25) is 0 Å². The van der Waals surface area contributed by atoms with Gasteiger partial charge in [0.1, 0.15) is 11.9 Å². The van der Waals surface area contributed by atoms with Crippen LogP contribution in [-0.2, 0) is 7.05 Å². The Bertz CT molecular complexity index is 547. The fourth-order valence-corrected chi connectivity index (χ4v) is 1.30. The number of rotatable bonds is 3. The van der Waals surface area contributed by atoms with Crippen molar-refractivity contribution in [3.05, 3.63) is 40.6 Å². The highest BCUT2D eigenvalue weighted by Gasteiger charge is 2.20. The van der Waals surface area contributed by atoms with Crippen LogP contribution in [0.2, 0.25) is 0 Å². The minimum absolute atomic E-state index is 0.0396. The van der Waals surface area contributed by atoms with Gasteiger partial charge in [0.05, 0.1) is 4.92 Å². The Balaban J connectivity index is 2.29. The topological polar surface area (TPSA) is 96.2 Å². The number of hydrogen-bond donors (Lipinski definition) is 1. The second-order valence-electron chi connectivity index (χ2n) is 3.42. The van der Waals surface area contributed by atoms with Crippen LogP contribution in [0, 0.1) is 10.1 Å². The van der Waals surface area contributed by atoms with Gasteiger partial charge in [-0.1, -0.05) is 0 Å². The summed E-state index contributed by atoms with van der Waals surface area (Å²) in [5.41, 5.74) is 5.93. The molecule has 7 heteroatoms. The van der Waals surface area contributed by atoms with Crippen LogP contribution in [0.3, 0.4) is 0 Å². The van der Waals surface area contributed by atoms with E-state index in [4.69, 9.17) is 10.5 Å². The van der Waals surface area contributed by atoms with Crippen molar-refractivity contribution in [2.75, 3.05) is 5.73 Å². The largest absolute Gasteiger partial charge is 0.433 e. The molecule has 88 valence electrons. The minimum Gasteiger partial charge on any atom is -0.433 e. The molecule has 17 heavy (non-hydrogen) atoms. The van der Waals surface area contributed by atoms with Crippen molar-refractivity contribution < 1.29 is 9.66 Å². The van der Waals surface area contributed by atoms with Crippen LogP contribution in [0.15, 0.2) is 30.5 Å². The van der Waals surface area contributed by atoms with E-state index in [1.165, 1.54) is 10.9 Å². The predicted molar refractivity (Wildman–Crippen MR) is 60.8 cm³/mol. The molecule has 0 aliphatic rings. The molecule has 1 aromatic carbocycles. The van der Waals surface area contributed by atoms with E-state index in [-0.39, 0.29) is 11.6 Å². The fourth-order valence-electron chi connectivity index (χ4n) is 1.30. The van der Waals surface area contributed by atoms with Gasteiger partial charge in [0, 0.05) is 12.7 Å². The summed E-state index contributed by atoms with van der Waals surface area (Å²) >= 11 is 0. The molecular weight excluding hydrogens is 224 g/mol. The molecule has 2 rings (SSSR count). The lowest BCUT2D eigenvalue weighted by Crippen LogP contribution is -1.92. The molecule has 0 atom stereocenters. The SMILES string of the molecule is Cn1cc([N+](=O)[O-])c(Oc2ccc(N)cc2)n1. The van der Waals surface area contributed by atoms with E-state index in [1.807, 2.05) is 0 Å². The quantitative estimate of drug-likeness (QED) is 0.495. The summed E-state index contributed by atoms with van der Waals surface area (Å²) in [5, 5.41) is 14.6. The number of anilines is 1. The Labute approximate surface area is 96.6 Å². The highest BCUT2D eigenvalue weighted by molar-refractivity contribution is 5.45. The smallest absolute Gasteiger partial charge is 0.350 e. The third-order valence-electron chi connectivity index (χ3n) is 2.07. The number of nitro groups is 1. The van der Waals surface area contributed by atoms with Crippen molar-refractivity contribution in [3.63, 3.8) is 0 Å². The van der Waals surface area contributed by atoms with Crippen molar-refractivity contribution in [1.29, 1.82) is 0 Å². The maximum atomic E-state index is 10.7. The van der Waals surface area contributed by atoms with E-state index >= 15 is 0 Å². The Morgan fingerprint density at radius 2 is 2.06 bits per heavy atom.